The summed E-state index contributed by atoms with van der Waals surface area (Å²) in [4.78, 5) is -0.414. The predicted molar refractivity (Wildman–Crippen MR) is 88.2 cm³/mol. The highest BCUT2D eigenvalue weighted by Gasteiger charge is 2.32. The van der Waals surface area contributed by atoms with Gasteiger partial charge in [-0.3, -0.25) is 4.72 Å². The smallest absolute Gasteiger partial charge is 0.493 e. The summed E-state index contributed by atoms with van der Waals surface area (Å²) in [6.07, 6.45) is -5.01. The summed E-state index contributed by atoms with van der Waals surface area (Å²) in [5, 5.41) is 8.98. The number of benzene rings is 2. The maximum absolute atomic E-state index is 12.5. The van der Waals surface area contributed by atoms with Crippen LogP contribution in [0.4, 0.5) is 18.9 Å². The van der Waals surface area contributed by atoms with Crippen LogP contribution in [0.15, 0.2) is 41.3 Å². The van der Waals surface area contributed by atoms with Gasteiger partial charge in [-0.15, -0.1) is 13.2 Å². The van der Waals surface area contributed by atoms with Crippen molar-refractivity contribution in [1.29, 1.82) is 5.26 Å². The molecule has 0 fully saturated rings. The fourth-order valence-corrected chi connectivity index (χ4v) is 3.17. The molecule has 0 saturated heterocycles. The number of alkyl halides is 3. The van der Waals surface area contributed by atoms with E-state index in [0.717, 1.165) is 18.2 Å². The Balaban J connectivity index is 2.35. The molecule has 0 unspecified atom stereocenters. The Morgan fingerprint density at radius 3 is 2.19 bits per heavy atom. The molecule has 2 aromatic rings. The van der Waals surface area contributed by atoms with Gasteiger partial charge >= 0.3 is 6.36 Å². The van der Waals surface area contributed by atoms with Crippen LogP contribution in [0.3, 0.4) is 0 Å². The van der Waals surface area contributed by atoms with Gasteiger partial charge in [-0.25, -0.2) is 8.42 Å². The zero-order valence-electron chi connectivity index (χ0n) is 14.0. The van der Waals surface area contributed by atoms with Gasteiger partial charge in [0.1, 0.15) is 11.8 Å². The van der Waals surface area contributed by atoms with E-state index in [9.17, 15) is 21.6 Å². The van der Waals surface area contributed by atoms with E-state index < -0.39 is 32.6 Å². The average Bonchev–Trinajstić information content (AvgIpc) is 2.60. The van der Waals surface area contributed by atoms with Crippen molar-refractivity contribution in [2.75, 3.05) is 18.9 Å². The van der Waals surface area contributed by atoms with E-state index in [2.05, 4.69) is 9.46 Å². The molecule has 0 aliphatic carbocycles. The van der Waals surface area contributed by atoms with E-state index in [1.807, 2.05) is 0 Å². The molecule has 0 atom stereocenters. The SMILES string of the molecule is COc1ccc(NS(=O)(=O)c2ccc(OC(F)(F)F)c(C#N)c2)cc1OC. The van der Waals surface area contributed by atoms with Crippen LogP contribution in [-0.4, -0.2) is 29.0 Å². The highest BCUT2D eigenvalue weighted by molar-refractivity contribution is 7.92. The molecule has 0 amide bonds. The lowest BCUT2D eigenvalue weighted by Gasteiger charge is -2.13. The van der Waals surface area contributed by atoms with E-state index in [1.54, 1.807) is 0 Å². The van der Waals surface area contributed by atoms with Gasteiger partial charge in [-0.2, -0.15) is 5.26 Å². The highest BCUT2D eigenvalue weighted by atomic mass is 32.2. The third-order valence-corrected chi connectivity index (χ3v) is 4.62. The lowest BCUT2D eigenvalue weighted by atomic mass is 10.2. The van der Waals surface area contributed by atoms with Gasteiger partial charge in [-0.05, 0) is 30.3 Å². The van der Waals surface area contributed by atoms with Crippen LogP contribution in [0.25, 0.3) is 0 Å². The van der Waals surface area contributed by atoms with Crippen molar-refractivity contribution >= 4 is 15.7 Å². The van der Waals surface area contributed by atoms with Crippen molar-refractivity contribution in [2.24, 2.45) is 0 Å². The van der Waals surface area contributed by atoms with E-state index in [4.69, 9.17) is 14.7 Å². The number of hydrogen-bond acceptors (Lipinski definition) is 6. The molecule has 27 heavy (non-hydrogen) atoms. The normalized spacial score (nSPS) is 11.4. The standard InChI is InChI=1S/C16H13F3N2O5S/c1-24-14-5-3-11(8-15(14)25-2)21-27(22,23)12-4-6-13(10(7-12)9-20)26-16(17,18)19/h3-8,21H,1-2H3. The number of nitrogens with one attached hydrogen (secondary N) is 1. The van der Waals surface area contributed by atoms with Crippen LogP contribution < -0.4 is 18.9 Å². The van der Waals surface area contributed by atoms with E-state index >= 15 is 0 Å². The second kappa shape index (κ2) is 7.63. The summed E-state index contributed by atoms with van der Waals surface area (Å²) < 4.78 is 78.0. The molecule has 144 valence electrons. The zero-order chi connectivity index (χ0) is 20.2. The Bertz CT molecular complexity index is 985. The zero-order valence-corrected chi connectivity index (χ0v) is 14.8. The Kier molecular flexibility index (Phi) is 5.70. The quantitative estimate of drug-likeness (QED) is 0.797. The summed E-state index contributed by atoms with van der Waals surface area (Å²) >= 11 is 0. The summed E-state index contributed by atoms with van der Waals surface area (Å²) in [6, 6.07) is 8.15. The Hall–Kier alpha value is -3.13. The lowest BCUT2D eigenvalue weighted by Crippen LogP contribution is -2.18. The Morgan fingerprint density at radius 2 is 1.63 bits per heavy atom. The molecule has 0 aliphatic heterocycles. The molecule has 0 aliphatic rings. The van der Waals surface area contributed by atoms with Crippen molar-refractivity contribution in [2.45, 2.75) is 11.3 Å². The first-order valence-corrected chi connectivity index (χ1v) is 8.62. The van der Waals surface area contributed by atoms with Crippen LogP contribution in [0.1, 0.15) is 5.56 Å². The molecule has 0 aromatic heterocycles. The van der Waals surface area contributed by atoms with Gasteiger partial charge in [0.25, 0.3) is 10.0 Å². The molecule has 0 bridgehead atoms. The summed E-state index contributed by atoms with van der Waals surface area (Å²) in [5.41, 5.74) is -0.454. The third kappa shape index (κ3) is 4.95. The molecule has 0 saturated carbocycles. The van der Waals surface area contributed by atoms with Crippen molar-refractivity contribution in [1.82, 2.24) is 0 Å². The molecule has 0 heterocycles. The molecule has 1 N–H and O–H groups in total. The van der Waals surface area contributed by atoms with Crippen LogP contribution in [0, 0.1) is 11.3 Å². The van der Waals surface area contributed by atoms with E-state index in [-0.39, 0.29) is 11.4 Å². The monoisotopic (exact) mass is 402 g/mol. The van der Waals surface area contributed by atoms with Crippen LogP contribution in [-0.2, 0) is 10.0 Å². The summed E-state index contributed by atoms with van der Waals surface area (Å²) in [7, 11) is -1.40. The number of halogens is 3. The van der Waals surface area contributed by atoms with E-state index in [0.29, 0.717) is 5.75 Å². The van der Waals surface area contributed by atoms with Crippen molar-refractivity contribution in [3.05, 3.63) is 42.0 Å². The van der Waals surface area contributed by atoms with Gasteiger partial charge < -0.3 is 14.2 Å². The third-order valence-electron chi connectivity index (χ3n) is 3.24. The molecule has 2 rings (SSSR count). The van der Waals surface area contributed by atoms with Crippen molar-refractivity contribution in [3.63, 3.8) is 0 Å². The fourth-order valence-electron chi connectivity index (χ4n) is 2.09. The first-order chi connectivity index (χ1) is 12.6. The molecule has 7 nitrogen and oxygen atoms in total. The predicted octanol–water partition coefficient (Wildman–Crippen LogP) is 3.27. The molecule has 0 spiro atoms. The summed E-state index contributed by atoms with van der Waals surface area (Å²) in [6.45, 7) is 0. The van der Waals surface area contributed by atoms with Gasteiger partial charge in [0.2, 0.25) is 0 Å². The minimum Gasteiger partial charge on any atom is -0.493 e. The Morgan fingerprint density at radius 1 is 1.00 bits per heavy atom. The second-order valence-corrected chi connectivity index (χ2v) is 6.68. The first kappa shape index (κ1) is 20.2. The average molecular weight is 402 g/mol. The maximum atomic E-state index is 12.5. The first-order valence-electron chi connectivity index (χ1n) is 7.14. The number of anilines is 1. The largest absolute Gasteiger partial charge is 0.573 e. The molecular weight excluding hydrogens is 389 g/mol. The van der Waals surface area contributed by atoms with Crippen molar-refractivity contribution < 1.29 is 35.8 Å². The van der Waals surface area contributed by atoms with Crippen molar-refractivity contribution in [3.8, 4) is 23.3 Å². The van der Waals surface area contributed by atoms with Crippen LogP contribution in [0.5, 0.6) is 17.2 Å². The lowest BCUT2D eigenvalue weighted by molar-refractivity contribution is -0.274. The Labute approximate surface area is 152 Å². The summed E-state index contributed by atoms with van der Waals surface area (Å²) in [5.74, 6) is -0.153. The number of ether oxygens (including phenoxy) is 3. The number of rotatable bonds is 6. The maximum Gasteiger partial charge on any atom is 0.573 e. The molecule has 11 heteroatoms. The number of sulfonamides is 1. The molecule has 2 aromatic carbocycles. The minimum absolute atomic E-state index is 0.127. The van der Waals surface area contributed by atoms with Gasteiger partial charge in [0.15, 0.2) is 11.5 Å². The number of methoxy groups -OCH3 is 2. The number of nitriles is 1. The van der Waals surface area contributed by atoms with E-state index in [1.165, 1.54) is 38.5 Å². The number of hydrogen-bond donors (Lipinski definition) is 1. The number of nitrogens with zero attached hydrogens (tertiary/aromatic N) is 1. The minimum atomic E-state index is -5.01. The van der Waals surface area contributed by atoms with Crippen LogP contribution in [0.2, 0.25) is 0 Å². The van der Waals surface area contributed by atoms with Gasteiger partial charge in [-0.1, -0.05) is 0 Å². The topological polar surface area (TPSA) is 97.6 Å². The van der Waals surface area contributed by atoms with Gasteiger partial charge in [0, 0.05) is 6.07 Å². The fraction of sp³-hybridized carbons (Fsp3) is 0.188. The van der Waals surface area contributed by atoms with Gasteiger partial charge in [0.05, 0.1) is 30.4 Å². The molecule has 0 radical (unpaired) electrons. The second-order valence-electron chi connectivity index (χ2n) is 4.99. The molecular formula is C16H13F3N2O5S. The van der Waals surface area contributed by atoms with Crippen LogP contribution >= 0.6 is 0 Å². The highest BCUT2D eigenvalue weighted by Crippen LogP contribution is 2.32.